The quantitative estimate of drug-likeness (QED) is 0.534. The summed E-state index contributed by atoms with van der Waals surface area (Å²) in [4.78, 5) is 27.7. The summed E-state index contributed by atoms with van der Waals surface area (Å²) < 4.78 is 11.0. The highest BCUT2D eigenvalue weighted by atomic mass is 16.5. The molecular weight excluding hydrogens is 416 g/mol. The van der Waals surface area contributed by atoms with Crippen LogP contribution in [0.5, 0.6) is 11.5 Å². The van der Waals surface area contributed by atoms with Crippen LogP contribution in [-0.2, 0) is 21.5 Å². The van der Waals surface area contributed by atoms with E-state index in [1.165, 1.54) is 5.56 Å². The van der Waals surface area contributed by atoms with Crippen molar-refractivity contribution in [3.8, 4) is 11.5 Å². The number of carbonyl (C=O) groups excluding carboxylic acids is 2. The molecule has 0 aromatic heterocycles. The minimum Gasteiger partial charge on any atom is -0.497 e. The largest absolute Gasteiger partial charge is 0.497 e. The summed E-state index contributed by atoms with van der Waals surface area (Å²) in [6, 6.07) is 14.7. The second-order valence-corrected chi connectivity index (χ2v) is 9.15. The fourth-order valence-corrected chi connectivity index (χ4v) is 3.49. The van der Waals surface area contributed by atoms with Gasteiger partial charge in [0.2, 0.25) is 5.91 Å². The lowest BCUT2D eigenvalue weighted by atomic mass is 9.87. The minimum absolute atomic E-state index is 0.0453. The van der Waals surface area contributed by atoms with Gasteiger partial charge in [-0.25, -0.2) is 0 Å². The van der Waals surface area contributed by atoms with E-state index in [4.69, 9.17) is 9.47 Å². The first-order valence-electron chi connectivity index (χ1n) is 11.6. The van der Waals surface area contributed by atoms with Crippen molar-refractivity contribution in [3.05, 3.63) is 59.7 Å². The molecule has 2 amide bonds. The van der Waals surface area contributed by atoms with Crippen molar-refractivity contribution in [2.45, 2.75) is 65.5 Å². The summed E-state index contributed by atoms with van der Waals surface area (Å²) in [5.74, 6) is 0.996. The summed E-state index contributed by atoms with van der Waals surface area (Å²) in [5.41, 5.74) is 2.16. The second kappa shape index (κ2) is 12.3. The number of carbonyl (C=O) groups is 2. The Morgan fingerprint density at radius 1 is 0.970 bits per heavy atom. The molecule has 6 nitrogen and oxygen atoms in total. The second-order valence-electron chi connectivity index (χ2n) is 9.15. The van der Waals surface area contributed by atoms with E-state index in [0.29, 0.717) is 25.3 Å². The Kier molecular flexibility index (Phi) is 9.76. The zero-order chi connectivity index (χ0) is 24.4. The average Bonchev–Trinajstić information content (AvgIpc) is 2.81. The van der Waals surface area contributed by atoms with Gasteiger partial charge in [-0.3, -0.25) is 9.59 Å². The van der Waals surface area contributed by atoms with E-state index in [9.17, 15) is 9.59 Å². The van der Waals surface area contributed by atoms with Crippen LogP contribution in [0.15, 0.2) is 48.5 Å². The monoisotopic (exact) mass is 454 g/mol. The molecule has 0 aliphatic heterocycles. The number of ether oxygens (including phenoxy) is 2. The van der Waals surface area contributed by atoms with E-state index >= 15 is 0 Å². The number of hydrogen-bond acceptors (Lipinski definition) is 4. The van der Waals surface area contributed by atoms with Crippen LogP contribution in [0.1, 0.15) is 58.6 Å². The van der Waals surface area contributed by atoms with Crippen molar-refractivity contribution >= 4 is 11.8 Å². The number of hydrogen-bond donors (Lipinski definition) is 1. The van der Waals surface area contributed by atoms with Crippen LogP contribution < -0.4 is 14.8 Å². The van der Waals surface area contributed by atoms with Gasteiger partial charge in [-0.05, 0) is 53.6 Å². The third-order valence-electron chi connectivity index (χ3n) is 5.53. The molecule has 33 heavy (non-hydrogen) atoms. The molecule has 0 aliphatic rings. The zero-order valence-electron chi connectivity index (χ0n) is 20.8. The van der Waals surface area contributed by atoms with Crippen molar-refractivity contribution < 1.29 is 19.1 Å². The van der Waals surface area contributed by atoms with E-state index in [-0.39, 0.29) is 23.8 Å². The van der Waals surface area contributed by atoms with Gasteiger partial charge >= 0.3 is 0 Å². The maximum atomic E-state index is 13.2. The van der Waals surface area contributed by atoms with E-state index in [0.717, 1.165) is 17.7 Å². The Morgan fingerprint density at radius 3 is 2.09 bits per heavy atom. The van der Waals surface area contributed by atoms with Gasteiger partial charge in [0.15, 0.2) is 6.61 Å². The molecule has 0 saturated carbocycles. The predicted octanol–water partition coefficient (Wildman–Crippen LogP) is 4.71. The normalized spacial score (nSPS) is 12.1. The van der Waals surface area contributed by atoms with E-state index in [1.807, 2.05) is 62.4 Å². The number of benzene rings is 2. The molecule has 0 bridgehead atoms. The summed E-state index contributed by atoms with van der Waals surface area (Å²) in [6.45, 7) is 11.1. The van der Waals surface area contributed by atoms with E-state index < -0.39 is 6.04 Å². The molecule has 0 unspecified atom stereocenters. The van der Waals surface area contributed by atoms with Crippen molar-refractivity contribution in [1.29, 1.82) is 0 Å². The highest BCUT2D eigenvalue weighted by Crippen LogP contribution is 2.24. The van der Waals surface area contributed by atoms with Gasteiger partial charge in [-0.15, -0.1) is 0 Å². The lowest BCUT2D eigenvalue weighted by Gasteiger charge is -2.30. The number of rotatable bonds is 11. The molecule has 0 radical (unpaired) electrons. The molecule has 0 spiro atoms. The van der Waals surface area contributed by atoms with Crippen molar-refractivity contribution in [2.24, 2.45) is 0 Å². The van der Waals surface area contributed by atoms with Gasteiger partial charge in [0.1, 0.15) is 17.5 Å². The standard InChI is InChI=1S/C27H38N2O4/c1-7-17-28-26(31)24(8-2)29(18-20-9-13-22(32-6)14-10-20)25(30)19-33-23-15-11-21(12-16-23)27(3,4)5/h9-16,24H,7-8,17-19H2,1-6H3,(H,28,31)/t24-/m1/s1. The van der Waals surface area contributed by atoms with Crippen LogP contribution in [0.3, 0.4) is 0 Å². The summed E-state index contributed by atoms with van der Waals surface area (Å²) in [7, 11) is 1.61. The molecule has 0 aliphatic carbocycles. The predicted molar refractivity (Wildman–Crippen MR) is 132 cm³/mol. The molecule has 1 atom stereocenters. The number of amides is 2. The SMILES string of the molecule is CCCNC(=O)[C@@H](CC)N(Cc1ccc(OC)cc1)C(=O)COc1ccc(C(C)(C)C)cc1. The smallest absolute Gasteiger partial charge is 0.261 e. The first-order valence-corrected chi connectivity index (χ1v) is 11.6. The molecule has 180 valence electrons. The summed E-state index contributed by atoms with van der Waals surface area (Å²) >= 11 is 0. The van der Waals surface area contributed by atoms with Crippen LogP contribution in [0.25, 0.3) is 0 Å². The van der Waals surface area contributed by atoms with Gasteiger partial charge in [0.25, 0.3) is 5.91 Å². The van der Waals surface area contributed by atoms with Gasteiger partial charge in [0, 0.05) is 13.1 Å². The fourth-order valence-electron chi connectivity index (χ4n) is 3.49. The molecule has 6 heteroatoms. The lowest BCUT2D eigenvalue weighted by molar-refractivity contribution is -0.143. The third-order valence-corrected chi connectivity index (χ3v) is 5.53. The Hall–Kier alpha value is -3.02. The van der Waals surface area contributed by atoms with Crippen LogP contribution in [0.4, 0.5) is 0 Å². The Morgan fingerprint density at radius 2 is 1.58 bits per heavy atom. The molecule has 2 rings (SSSR count). The number of methoxy groups -OCH3 is 1. The van der Waals surface area contributed by atoms with Gasteiger partial charge < -0.3 is 19.7 Å². The zero-order valence-corrected chi connectivity index (χ0v) is 20.8. The van der Waals surface area contributed by atoms with Gasteiger partial charge in [0.05, 0.1) is 7.11 Å². The first kappa shape index (κ1) is 26.2. The highest BCUT2D eigenvalue weighted by molar-refractivity contribution is 5.88. The van der Waals surface area contributed by atoms with Crippen molar-refractivity contribution in [3.63, 3.8) is 0 Å². The molecule has 0 saturated heterocycles. The molecular formula is C27H38N2O4. The van der Waals surface area contributed by atoms with Crippen LogP contribution in [0, 0.1) is 0 Å². The fraction of sp³-hybridized carbons (Fsp3) is 0.481. The molecule has 0 heterocycles. The summed E-state index contributed by atoms with van der Waals surface area (Å²) in [5, 5.41) is 2.92. The maximum absolute atomic E-state index is 13.2. The average molecular weight is 455 g/mol. The number of nitrogens with one attached hydrogen (secondary N) is 1. The Bertz CT molecular complexity index is 886. The highest BCUT2D eigenvalue weighted by Gasteiger charge is 2.28. The molecule has 1 N–H and O–H groups in total. The topological polar surface area (TPSA) is 67.9 Å². The summed E-state index contributed by atoms with van der Waals surface area (Å²) in [6.07, 6.45) is 1.35. The number of nitrogens with zero attached hydrogens (tertiary/aromatic N) is 1. The van der Waals surface area contributed by atoms with E-state index in [1.54, 1.807) is 12.0 Å². The van der Waals surface area contributed by atoms with Crippen molar-refractivity contribution in [1.82, 2.24) is 10.2 Å². The minimum atomic E-state index is -0.571. The molecule has 0 fully saturated rings. The Balaban J connectivity index is 2.17. The third kappa shape index (κ3) is 7.81. The van der Waals surface area contributed by atoms with Crippen LogP contribution in [0.2, 0.25) is 0 Å². The van der Waals surface area contributed by atoms with Crippen molar-refractivity contribution in [2.75, 3.05) is 20.3 Å². The molecule has 2 aromatic rings. The lowest BCUT2D eigenvalue weighted by Crippen LogP contribution is -2.50. The Labute approximate surface area is 198 Å². The van der Waals surface area contributed by atoms with Gasteiger partial charge in [-0.2, -0.15) is 0 Å². The van der Waals surface area contributed by atoms with Crippen LogP contribution >= 0.6 is 0 Å². The maximum Gasteiger partial charge on any atom is 0.261 e. The van der Waals surface area contributed by atoms with Crippen LogP contribution in [-0.4, -0.2) is 43.0 Å². The van der Waals surface area contributed by atoms with E-state index in [2.05, 4.69) is 26.1 Å². The molecule has 2 aromatic carbocycles. The van der Waals surface area contributed by atoms with Gasteiger partial charge in [-0.1, -0.05) is 58.9 Å². The first-order chi connectivity index (χ1) is 15.7.